The van der Waals surface area contributed by atoms with Gasteiger partial charge in [0.25, 0.3) is 5.91 Å². The molecule has 1 aliphatic rings. The molecule has 1 aromatic carbocycles. The maximum absolute atomic E-state index is 12.3. The van der Waals surface area contributed by atoms with Gasteiger partial charge in [-0.3, -0.25) is 4.79 Å². The minimum Gasteiger partial charge on any atom is -0.481 e. The fourth-order valence-corrected chi connectivity index (χ4v) is 4.00. The van der Waals surface area contributed by atoms with Crippen LogP contribution in [0, 0.1) is 5.92 Å². The predicted octanol–water partition coefficient (Wildman–Crippen LogP) is 2.54. The van der Waals surface area contributed by atoms with Gasteiger partial charge in [-0.15, -0.1) is 0 Å². The van der Waals surface area contributed by atoms with E-state index in [1.54, 1.807) is 6.92 Å². The van der Waals surface area contributed by atoms with E-state index in [1.165, 1.54) is 16.1 Å². The van der Waals surface area contributed by atoms with Gasteiger partial charge in [-0.2, -0.15) is 0 Å². The molecule has 6 nitrogen and oxygen atoms in total. The minimum absolute atomic E-state index is 0.0776. The highest BCUT2D eigenvalue weighted by molar-refractivity contribution is 7.88. The summed E-state index contributed by atoms with van der Waals surface area (Å²) in [6, 6.07) is 7.83. The van der Waals surface area contributed by atoms with Crippen LogP contribution in [0.15, 0.2) is 24.3 Å². The van der Waals surface area contributed by atoms with Crippen LogP contribution in [0.3, 0.4) is 0 Å². The molecule has 1 heterocycles. The van der Waals surface area contributed by atoms with Crippen LogP contribution in [0.1, 0.15) is 46.1 Å². The molecule has 1 N–H and O–H groups in total. The third-order valence-corrected chi connectivity index (χ3v) is 6.31. The van der Waals surface area contributed by atoms with Gasteiger partial charge in [0.15, 0.2) is 6.10 Å². The molecule has 0 aliphatic carbocycles. The molecule has 0 bridgehead atoms. The second kappa shape index (κ2) is 8.61. The van der Waals surface area contributed by atoms with Crippen LogP contribution in [0.4, 0.5) is 0 Å². The number of sulfonamides is 1. The monoisotopic (exact) mass is 396 g/mol. The number of hydrogen-bond acceptors (Lipinski definition) is 4. The molecule has 0 radical (unpaired) electrons. The van der Waals surface area contributed by atoms with Crippen LogP contribution in [0.2, 0.25) is 0 Å². The third kappa shape index (κ3) is 6.50. The summed E-state index contributed by atoms with van der Waals surface area (Å²) in [6.07, 6.45) is 2.18. The summed E-state index contributed by atoms with van der Waals surface area (Å²) < 4.78 is 30.3. The summed E-state index contributed by atoms with van der Waals surface area (Å²) in [5.74, 6) is 0.817. The molecule has 0 saturated carbocycles. The van der Waals surface area contributed by atoms with E-state index in [-0.39, 0.29) is 11.3 Å². The molecule has 1 aliphatic heterocycles. The van der Waals surface area contributed by atoms with Crippen LogP contribution in [0.5, 0.6) is 5.75 Å². The zero-order chi connectivity index (χ0) is 20.2. The minimum atomic E-state index is -3.12. The van der Waals surface area contributed by atoms with Crippen molar-refractivity contribution in [3.63, 3.8) is 0 Å². The first kappa shape index (κ1) is 21.7. The maximum Gasteiger partial charge on any atom is 0.260 e. The topological polar surface area (TPSA) is 75.7 Å². The molecule has 1 atom stereocenters. The van der Waals surface area contributed by atoms with Crippen molar-refractivity contribution < 1.29 is 17.9 Å². The molecule has 27 heavy (non-hydrogen) atoms. The molecule has 0 aromatic heterocycles. The Balaban J connectivity index is 1.78. The van der Waals surface area contributed by atoms with Crippen molar-refractivity contribution in [2.45, 2.75) is 52.1 Å². The van der Waals surface area contributed by atoms with E-state index in [1.807, 2.05) is 24.3 Å². The number of nitrogens with zero attached hydrogens (tertiary/aromatic N) is 1. The average molecular weight is 397 g/mol. The predicted molar refractivity (Wildman–Crippen MR) is 107 cm³/mol. The summed E-state index contributed by atoms with van der Waals surface area (Å²) in [7, 11) is -3.12. The first-order valence-electron chi connectivity index (χ1n) is 9.47. The van der Waals surface area contributed by atoms with Crippen molar-refractivity contribution in [1.29, 1.82) is 0 Å². The Kier molecular flexibility index (Phi) is 6.92. The zero-order valence-corrected chi connectivity index (χ0v) is 17.8. The second-order valence-corrected chi connectivity index (χ2v) is 10.4. The highest BCUT2D eigenvalue weighted by Gasteiger charge is 2.25. The molecule has 1 unspecified atom stereocenters. The number of benzene rings is 1. The second-order valence-electron chi connectivity index (χ2n) is 8.39. The van der Waals surface area contributed by atoms with Crippen LogP contribution < -0.4 is 10.1 Å². The lowest BCUT2D eigenvalue weighted by Gasteiger charge is -2.30. The normalized spacial score (nSPS) is 18.1. The van der Waals surface area contributed by atoms with Gasteiger partial charge in [0.05, 0.1) is 6.26 Å². The van der Waals surface area contributed by atoms with E-state index in [0.29, 0.717) is 31.3 Å². The highest BCUT2D eigenvalue weighted by atomic mass is 32.2. The van der Waals surface area contributed by atoms with Crippen LogP contribution in [0.25, 0.3) is 0 Å². The number of ether oxygens (including phenoxy) is 1. The molecule has 1 amide bonds. The quantitative estimate of drug-likeness (QED) is 0.802. The molecule has 1 fully saturated rings. The van der Waals surface area contributed by atoms with Gasteiger partial charge >= 0.3 is 0 Å². The smallest absolute Gasteiger partial charge is 0.260 e. The zero-order valence-electron chi connectivity index (χ0n) is 17.0. The van der Waals surface area contributed by atoms with E-state index in [0.717, 1.165) is 12.8 Å². The summed E-state index contributed by atoms with van der Waals surface area (Å²) in [6.45, 7) is 9.78. The van der Waals surface area contributed by atoms with E-state index in [2.05, 4.69) is 26.1 Å². The molecule has 1 saturated heterocycles. The van der Waals surface area contributed by atoms with Gasteiger partial charge in [-0.05, 0) is 48.8 Å². The van der Waals surface area contributed by atoms with Crippen LogP contribution in [-0.4, -0.2) is 50.6 Å². The van der Waals surface area contributed by atoms with Crippen molar-refractivity contribution in [3.8, 4) is 5.75 Å². The number of hydrogen-bond donors (Lipinski definition) is 1. The van der Waals surface area contributed by atoms with Gasteiger partial charge in [0, 0.05) is 19.6 Å². The van der Waals surface area contributed by atoms with Crippen molar-refractivity contribution in [1.82, 2.24) is 9.62 Å². The standard InChI is InChI=1S/C20H32N2O4S/c1-15(26-18-8-6-17(7-9-18)20(2,3)4)19(23)21-14-16-10-12-22(13-11-16)27(5,24)25/h6-9,15-16H,10-14H2,1-5H3,(H,21,23). The Morgan fingerprint density at radius 2 is 1.78 bits per heavy atom. The lowest BCUT2D eigenvalue weighted by molar-refractivity contribution is -0.127. The summed E-state index contributed by atoms with van der Waals surface area (Å²) in [5.41, 5.74) is 1.29. The molecule has 0 spiro atoms. The first-order chi connectivity index (χ1) is 12.5. The SMILES string of the molecule is CC(Oc1ccc(C(C)(C)C)cc1)C(=O)NCC1CCN(S(C)(=O)=O)CC1. The van der Waals surface area contributed by atoms with Crippen molar-refractivity contribution in [2.24, 2.45) is 5.92 Å². The van der Waals surface area contributed by atoms with Crippen molar-refractivity contribution in [2.75, 3.05) is 25.9 Å². The van der Waals surface area contributed by atoms with E-state index in [9.17, 15) is 13.2 Å². The molecule has 7 heteroatoms. The Labute approximate surface area is 163 Å². The van der Waals surface area contributed by atoms with Crippen LogP contribution >= 0.6 is 0 Å². The van der Waals surface area contributed by atoms with Crippen LogP contribution in [-0.2, 0) is 20.2 Å². The van der Waals surface area contributed by atoms with Gasteiger partial charge < -0.3 is 10.1 Å². The van der Waals surface area contributed by atoms with Gasteiger partial charge in [0.2, 0.25) is 10.0 Å². The number of amides is 1. The number of piperidine rings is 1. The molecule has 1 aromatic rings. The summed E-state index contributed by atoms with van der Waals surface area (Å²) >= 11 is 0. The summed E-state index contributed by atoms with van der Waals surface area (Å²) in [5, 5.41) is 2.93. The fraction of sp³-hybridized carbons (Fsp3) is 0.650. The largest absolute Gasteiger partial charge is 0.481 e. The third-order valence-electron chi connectivity index (χ3n) is 5.01. The van der Waals surface area contributed by atoms with E-state index < -0.39 is 16.1 Å². The van der Waals surface area contributed by atoms with Gasteiger partial charge in [-0.1, -0.05) is 32.9 Å². The van der Waals surface area contributed by atoms with Crippen molar-refractivity contribution in [3.05, 3.63) is 29.8 Å². The highest BCUT2D eigenvalue weighted by Crippen LogP contribution is 2.24. The fourth-order valence-electron chi connectivity index (χ4n) is 3.12. The average Bonchev–Trinajstić information content (AvgIpc) is 2.59. The Morgan fingerprint density at radius 3 is 2.26 bits per heavy atom. The lowest BCUT2D eigenvalue weighted by Crippen LogP contribution is -2.43. The van der Waals surface area contributed by atoms with E-state index >= 15 is 0 Å². The maximum atomic E-state index is 12.3. The number of carbonyl (C=O) groups excluding carboxylic acids is 1. The van der Waals surface area contributed by atoms with Gasteiger partial charge in [0.1, 0.15) is 5.75 Å². The Bertz CT molecular complexity index is 730. The molecular formula is C20H32N2O4S. The molecular weight excluding hydrogens is 364 g/mol. The molecule has 2 rings (SSSR count). The molecule has 152 valence electrons. The summed E-state index contributed by atoms with van der Waals surface area (Å²) in [4.78, 5) is 12.3. The van der Waals surface area contributed by atoms with E-state index in [4.69, 9.17) is 4.74 Å². The number of rotatable bonds is 6. The Hall–Kier alpha value is -1.60. The number of nitrogens with one attached hydrogen (secondary N) is 1. The Morgan fingerprint density at radius 1 is 1.22 bits per heavy atom. The van der Waals surface area contributed by atoms with Gasteiger partial charge in [-0.25, -0.2) is 12.7 Å². The first-order valence-corrected chi connectivity index (χ1v) is 11.3. The van der Waals surface area contributed by atoms with Crippen molar-refractivity contribution >= 4 is 15.9 Å². The number of carbonyl (C=O) groups is 1. The lowest BCUT2D eigenvalue weighted by atomic mass is 9.87.